The van der Waals surface area contributed by atoms with E-state index in [0.717, 1.165) is 76.5 Å². The van der Waals surface area contributed by atoms with Crippen molar-refractivity contribution in [3.8, 4) is 17.0 Å². The fourth-order valence-corrected chi connectivity index (χ4v) is 9.94. The number of methoxy groups -OCH3 is 1. The molecular formula is C44H45ClIN6O4P. The number of amides is 2. The Morgan fingerprint density at radius 2 is 1.77 bits per heavy atom. The lowest BCUT2D eigenvalue weighted by Crippen LogP contribution is -2.52. The van der Waals surface area contributed by atoms with Crippen LogP contribution in [0, 0.1) is 13.8 Å². The second kappa shape index (κ2) is 16.9. The molecule has 8 rings (SSSR count). The molecule has 6 aromatic rings. The largest absolute Gasteiger partial charge is 0.496 e. The lowest BCUT2D eigenvalue weighted by Gasteiger charge is -2.40. The van der Waals surface area contributed by atoms with E-state index in [-0.39, 0.29) is 17.9 Å². The first-order valence-corrected chi connectivity index (χ1v) is 23.5. The SMILES string of the molecule is COc1cccc(CN(C(=O)c2cc(-c3cc(Cl)ccc3C(=O)N3Cc4ccccc4CC3CN3CCOCC3)n(C)c2C)c2ccc3c(cnn3PI)c2)c1C. The lowest BCUT2D eigenvalue weighted by molar-refractivity contribution is 0.0193. The molecule has 13 heteroatoms. The van der Waals surface area contributed by atoms with Gasteiger partial charge in [0.15, 0.2) is 0 Å². The van der Waals surface area contributed by atoms with Gasteiger partial charge >= 0.3 is 0 Å². The molecule has 1 saturated heterocycles. The highest BCUT2D eigenvalue weighted by Gasteiger charge is 2.34. The van der Waals surface area contributed by atoms with Crippen LogP contribution in [-0.2, 0) is 31.3 Å². The van der Waals surface area contributed by atoms with Crippen LogP contribution in [0.4, 0.5) is 5.69 Å². The van der Waals surface area contributed by atoms with E-state index < -0.39 is 0 Å². The molecule has 0 bridgehead atoms. The number of nitrogens with zero attached hydrogens (tertiary/aromatic N) is 6. The van der Waals surface area contributed by atoms with Gasteiger partial charge in [0.2, 0.25) is 0 Å². The third kappa shape index (κ3) is 7.84. The summed E-state index contributed by atoms with van der Waals surface area (Å²) < 4.78 is 15.3. The topological polar surface area (TPSA) is 85.1 Å². The van der Waals surface area contributed by atoms with Crippen molar-refractivity contribution in [2.75, 3.05) is 44.9 Å². The fourth-order valence-electron chi connectivity index (χ4n) is 8.22. The quantitative estimate of drug-likeness (QED) is 0.101. The number of morpholine rings is 1. The van der Waals surface area contributed by atoms with Crippen LogP contribution in [0.2, 0.25) is 5.02 Å². The van der Waals surface area contributed by atoms with Gasteiger partial charge in [0, 0.05) is 77.9 Å². The van der Waals surface area contributed by atoms with Crippen LogP contribution in [0.1, 0.15) is 48.7 Å². The van der Waals surface area contributed by atoms with Crippen molar-refractivity contribution in [3.63, 3.8) is 0 Å². The minimum absolute atomic E-state index is 0.0169. The number of benzene rings is 4. The van der Waals surface area contributed by atoms with Gasteiger partial charge in [-0.1, -0.05) is 48.0 Å². The maximum absolute atomic E-state index is 15.1. The van der Waals surface area contributed by atoms with E-state index in [2.05, 4.69) is 50.2 Å². The third-order valence-corrected chi connectivity index (χ3v) is 13.7. The molecule has 2 atom stereocenters. The number of hydrogen-bond acceptors (Lipinski definition) is 6. The molecule has 2 unspecified atom stereocenters. The molecule has 2 aliphatic rings. The fraction of sp³-hybridized carbons (Fsp3) is 0.295. The number of fused-ring (bicyclic) bond motifs is 2. The lowest BCUT2D eigenvalue weighted by atomic mass is 9.92. The zero-order valence-electron chi connectivity index (χ0n) is 32.5. The van der Waals surface area contributed by atoms with Crippen molar-refractivity contribution in [2.45, 2.75) is 39.4 Å². The molecule has 2 aromatic heterocycles. The first-order chi connectivity index (χ1) is 27.6. The van der Waals surface area contributed by atoms with Gasteiger partial charge in [-0.25, -0.2) is 4.45 Å². The molecule has 57 heavy (non-hydrogen) atoms. The van der Waals surface area contributed by atoms with E-state index in [9.17, 15) is 4.79 Å². The first-order valence-electron chi connectivity index (χ1n) is 19.1. The molecule has 0 aliphatic carbocycles. The molecule has 0 spiro atoms. The van der Waals surface area contributed by atoms with Crippen molar-refractivity contribution in [3.05, 3.63) is 135 Å². The molecule has 4 aromatic carbocycles. The summed E-state index contributed by atoms with van der Waals surface area (Å²) in [7, 11) is 3.60. The van der Waals surface area contributed by atoms with E-state index in [1.165, 1.54) is 5.56 Å². The standard InChI is InChI=1S/C44H45ClIN6O4P/c1-28-31(10-7-11-42(28)55-4)25-50(35-13-15-40-33(21-35)24-47-52(40)57-46)44(54)38-23-41(48(3)29(38)2)39-22-34(45)12-14-37(39)43(53)51-26-32-9-6-5-8-30(32)20-36(51)27-49-16-18-56-19-17-49/h5-15,21-24,36,57H,16-20,25-27H2,1-4H3. The summed E-state index contributed by atoms with van der Waals surface area (Å²) in [6, 6.07) is 27.7. The van der Waals surface area contributed by atoms with E-state index >= 15 is 4.79 Å². The highest BCUT2D eigenvalue weighted by Crippen LogP contribution is 2.36. The molecular weight excluding hydrogens is 870 g/mol. The molecule has 4 heterocycles. The van der Waals surface area contributed by atoms with Crippen molar-refractivity contribution in [1.29, 1.82) is 0 Å². The number of aromatic nitrogens is 3. The Kier molecular flexibility index (Phi) is 11.7. The molecule has 0 radical (unpaired) electrons. The van der Waals surface area contributed by atoms with Gasteiger partial charge in [-0.2, -0.15) is 5.10 Å². The Bertz CT molecular complexity index is 2480. The van der Waals surface area contributed by atoms with Gasteiger partial charge in [0.05, 0.1) is 50.5 Å². The number of ether oxygens (including phenoxy) is 2. The Labute approximate surface area is 353 Å². The van der Waals surface area contributed by atoms with E-state index in [4.69, 9.17) is 21.1 Å². The zero-order valence-corrected chi connectivity index (χ0v) is 36.4. The van der Waals surface area contributed by atoms with Crippen LogP contribution in [0.5, 0.6) is 5.75 Å². The van der Waals surface area contributed by atoms with Gasteiger partial charge < -0.3 is 23.8 Å². The number of rotatable bonds is 10. The summed E-state index contributed by atoms with van der Waals surface area (Å²) in [5, 5.41) is 6.03. The van der Waals surface area contributed by atoms with Crippen LogP contribution < -0.4 is 9.64 Å². The van der Waals surface area contributed by atoms with Crippen LogP contribution in [0.15, 0.2) is 91.1 Å². The minimum atomic E-state index is -0.160. The summed E-state index contributed by atoms with van der Waals surface area (Å²) in [6.07, 6.45) is 3.08. The number of anilines is 1. The summed E-state index contributed by atoms with van der Waals surface area (Å²) in [4.78, 5) is 36.3. The Hall–Kier alpha value is -4.26. The van der Waals surface area contributed by atoms with Crippen LogP contribution in [0.25, 0.3) is 22.2 Å². The molecule has 294 valence electrons. The second-order valence-electron chi connectivity index (χ2n) is 14.8. The highest BCUT2D eigenvalue weighted by molar-refractivity contribution is 14.2. The van der Waals surface area contributed by atoms with E-state index in [0.29, 0.717) is 54.4 Å². The molecule has 10 nitrogen and oxygen atoms in total. The Morgan fingerprint density at radius 1 is 0.982 bits per heavy atom. The average Bonchev–Trinajstić information content (AvgIpc) is 3.78. The molecule has 0 N–H and O–H groups in total. The number of halogens is 2. The summed E-state index contributed by atoms with van der Waals surface area (Å²) in [6.45, 7) is 8.65. The van der Waals surface area contributed by atoms with Crippen LogP contribution >= 0.6 is 40.0 Å². The van der Waals surface area contributed by atoms with Gasteiger partial charge in [-0.15, -0.1) is 0 Å². The monoisotopic (exact) mass is 914 g/mol. The van der Waals surface area contributed by atoms with Gasteiger partial charge in [0.1, 0.15) is 5.75 Å². The van der Waals surface area contributed by atoms with Gasteiger partial charge in [-0.05, 0) is 113 Å². The highest BCUT2D eigenvalue weighted by atomic mass is 127. The summed E-state index contributed by atoms with van der Waals surface area (Å²) >= 11 is 9.04. The van der Waals surface area contributed by atoms with Gasteiger partial charge in [-0.3, -0.25) is 14.5 Å². The van der Waals surface area contributed by atoms with Crippen LogP contribution in [-0.4, -0.2) is 81.7 Å². The predicted octanol–water partition coefficient (Wildman–Crippen LogP) is 8.86. The number of carbonyl (C=O) groups is 2. The normalized spacial score (nSPS) is 16.0. The number of hydrogen-bond donors (Lipinski definition) is 0. The average molecular weight is 915 g/mol. The van der Waals surface area contributed by atoms with E-state index in [1.54, 1.807) is 13.2 Å². The van der Waals surface area contributed by atoms with Crippen molar-refractivity contribution >= 4 is 68.4 Å². The summed E-state index contributed by atoms with van der Waals surface area (Å²) in [5.74, 6) is 0.546. The Balaban J connectivity index is 1.18. The van der Waals surface area contributed by atoms with E-state index in [1.807, 2.05) is 107 Å². The maximum atomic E-state index is 15.1. The zero-order chi connectivity index (χ0) is 39.8. The molecule has 2 aliphatic heterocycles. The third-order valence-electron chi connectivity index (χ3n) is 11.6. The first kappa shape index (κ1) is 39.6. The smallest absolute Gasteiger partial charge is 0.260 e. The minimum Gasteiger partial charge on any atom is -0.496 e. The summed E-state index contributed by atoms with van der Waals surface area (Å²) in [5.41, 5.74) is 9.43. The predicted molar refractivity (Wildman–Crippen MR) is 237 cm³/mol. The van der Waals surface area contributed by atoms with Crippen LogP contribution in [0.3, 0.4) is 0 Å². The maximum Gasteiger partial charge on any atom is 0.260 e. The van der Waals surface area contributed by atoms with Crippen molar-refractivity contribution < 1.29 is 19.1 Å². The van der Waals surface area contributed by atoms with Crippen molar-refractivity contribution in [1.82, 2.24) is 23.9 Å². The second-order valence-corrected chi connectivity index (χ2v) is 17.2. The molecule has 2 amide bonds. The molecule has 1 fully saturated rings. The number of carbonyl (C=O) groups excluding carboxylic acids is 2. The van der Waals surface area contributed by atoms with Crippen molar-refractivity contribution in [2.24, 2.45) is 7.05 Å². The Morgan fingerprint density at radius 3 is 2.54 bits per heavy atom. The van der Waals surface area contributed by atoms with Gasteiger partial charge in [0.25, 0.3) is 11.8 Å². The molecule has 0 saturated carbocycles.